The van der Waals surface area contributed by atoms with Crippen molar-refractivity contribution in [1.82, 2.24) is 0 Å². The predicted octanol–water partition coefficient (Wildman–Crippen LogP) is 3.21. The normalized spacial score (nSPS) is 10.8. The molecule has 1 heteroatoms. The molecule has 13 heavy (non-hydrogen) atoms. The van der Waals surface area contributed by atoms with Gasteiger partial charge in [0, 0.05) is 0 Å². The summed E-state index contributed by atoms with van der Waals surface area (Å²) in [6, 6.07) is 3.76. The summed E-state index contributed by atoms with van der Waals surface area (Å²) in [5, 5.41) is 9.54. The quantitative estimate of drug-likeness (QED) is 0.737. The number of hydrogen-bond acceptors (Lipinski definition) is 1. The molecule has 0 aromatic heterocycles. The lowest BCUT2D eigenvalue weighted by atomic mass is 9.94. The average molecular weight is 178 g/mol. The van der Waals surface area contributed by atoms with Gasteiger partial charge in [-0.05, 0) is 48.9 Å². The van der Waals surface area contributed by atoms with Gasteiger partial charge >= 0.3 is 0 Å². The van der Waals surface area contributed by atoms with Gasteiger partial charge in [0.05, 0.1) is 0 Å². The smallest absolute Gasteiger partial charge is 0.118 e. The van der Waals surface area contributed by atoms with Gasteiger partial charge in [0.25, 0.3) is 0 Å². The van der Waals surface area contributed by atoms with Crippen LogP contribution in [0.4, 0.5) is 0 Å². The SMILES string of the molecule is Cc1ccc(O)c(C)c1CC(C)C. The van der Waals surface area contributed by atoms with Crippen LogP contribution in [-0.2, 0) is 6.42 Å². The van der Waals surface area contributed by atoms with Crippen molar-refractivity contribution >= 4 is 0 Å². The van der Waals surface area contributed by atoms with Crippen molar-refractivity contribution in [3.8, 4) is 5.75 Å². The lowest BCUT2D eigenvalue weighted by molar-refractivity contribution is 0.469. The van der Waals surface area contributed by atoms with Gasteiger partial charge in [0.15, 0.2) is 0 Å². The maximum Gasteiger partial charge on any atom is 0.118 e. The van der Waals surface area contributed by atoms with Gasteiger partial charge in [-0.2, -0.15) is 0 Å². The fourth-order valence-electron chi connectivity index (χ4n) is 1.60. The Kier molecular flexibility index (Phi) is 2.97. The first-order valence-electron chi connectivity index (χ1n) is 4.80. The van der Waals surface area contributed by atoms with E-state index in [9.17, 15) is 5.11 Å². The molecule has 0 radical (unpaired) electrons. The molecule has 0 aliphatic rings. The van der Waals surface area contributed by atoms with Crippen LogP contribution in [0.2, 0.25) is 0 Å². The first kappa shape index (κ1) is 10.1. The largest absolute Gasteiger partial charge is 0.508 e. The highest BCUT2D eigenvalue weighted by atomic mass is 16.3. The summed E-state index contributed by atoms with van der Waals surface area (Å²) < 4.78 is 0. The van der Waals surface area contributed by atoms with E-state index < -0.39 is 0 Å². The summed E-state index contributed by atoms with van der Waals surface area (Å²) in [4.78, 5) is 0. The molecule has 0 amide bonds. The fraction of sp³-hybridized carbons (Fsp3) is 0.500. The van der Waals surface area contributed by atoms with E-state index in [2.05, 4.69) is 20.8 Å². The van der Waals surface area contributed by atoms with E-state index in [1.807, 2.05) is 13.0 Å². The third kappa shape index (κ3) is 2.24. The Balaban J connectivity index is 3.10. The molecule has 0 saturated heterocycles. The Labute approximate surface area is 80.4 Å². The van der Waals surface area contributed by atoms with Crippen molar-refractivity contribution < 1.29 is 5.11 Å². The van der Waals surface area contributed by atoms with Crippen molar-refractivity contribution in [3.05, 3.63) is 28.8 Å². The molecule has 0 fully saturated rings. The predicted molar refractivity (Wildman–Crippen MR) is 56.1 cm³/mol. The van der Waals surface area contributed by atoms with Crippen LogP contribution < -0.4 is 0 Å². The standard InChI is InChI=1S/C12H18O/c1-8(2)7-11-9(3)5-6-12(13)10(11)4/h5-6,8,13H,7H2,1-4H3. The topological polar surface area (TPSA) is 20.2 Å². The molecule has 0 aliphatic heterocycles. The molecule has 0 heterocycles. The first-order chi connectivity index (χ1) is 6.02. The lowest BCUT2D eigenvalue weighted by Crippen LogP contribution is -1.99. The van der Waals surface area contributed by atoms with Crippen molar-refractivity contribution in [2.24, 2.45) is 5.92 Å². The maximum absolute atomic E-state index is 9.54. The molecule has 0 spiro atoms. The van der Waals surface area contributed by atoms with Gasteiger partial charge in [0.1, 0.15) is 5.75 Å². The number of phenolic OH excluding ortho intramolecular Hbond substituents is 1. The Hall–Kier alpha value is -0.980. The zero-order valence-corrected chi connectivity index (χ0v) is 8.89. The van der Waals surface area contributed by atoms with Crippen LogP contribution in [0.3, 0.4) is 0 Å². The molecule has 0 unspecified atom stereocenters. The molecule has 0 atom stereocenters. The molecular formula is C12H18O. The third-order valence-corrected chi connectivity index (χ3v) is 2.42. The van der Waals surface area contributed by atoms with Crippen molar-refractivity contribution in [3.63, 3.8) is 0 Å². The number of benzene rings is 1. The van der Waals surface area contributed by atoms with E-state index >= 15 is 0 Å². The molecule has 1 aromatic carbocycles. The second-order valence-corrected chi connectivity index (χ2v) is 4.10. The molecule has 0 bridgehead atoms. The van der Waals surface area contributed by atoms with Crippen LogP contribution in [0, 0.1) is 19.8 Å². The Bertz CT molecular complexity index is 300. The maximum atomic E-state index is 9.54. The van der Waals surface area contributed by atoms with Crippen LogP contribution in [0.5, 0.6) is 5.75 Å². The highest BCUT2D eigenvalue weighted by Crippen LogP contribution is 2.25. The van der Waals surface area contributed by atoms with Crippen molar-refractivity contribution in [2.75, 3.05) is 0 Å². The summed E-state index contributed by atoms with van der Waals surface area (Å²) in [7, 11) is 0. The van der Waals surface area contributed by atoms with E-state index in [4.69, 9.17) is 0 Å². The van der Waals surface area contributed by atoms with Crippen LogP contribution in [0.15, 0.2) is 12.1 Å². The van der Waals surface area contributed by atoms with Crippen molar-refractivity contribution in [1.29, 1.82) is 0 Å². The molecule has 0 aliphatic carbocycles. The minimum absolute atomic E-state index is 0.418. The van der Waals surface area contributed by atoms with Crippen LogP contribution in [-0.4, -0.2) is 5.11 Å². The van der Waals surface area contributed by atoms with Gasteiger partial charge < -0.3 is 5.11 Å². The number of phenols is 1. The van der Waals surface area contributed by atoms with Crippen molar-refractivity contribution in [2.45, 2.75) is 34.1 Å². The van der Waals surface area contributed by atoms with Gasteiger partial charge in [-0.25, -0.2) is 0 Å². The molecule has 0 saturated carbocycles. The highest BCUT2D eigenvalue weighted by Gasteiger charge is 2.07. The van der Waals surface area contributed by atoms with E-state index in [-0.39, 0.29) is 0 Å². The molecule has 1 aromatic rings. The lowest BCUT2D eigenvalue weighted by Gasteiger charge is -2.13. The van der Waals surface area contributed by atoms with Gasteiger partial charge in [-0.3, -0.25) is 0 Å². The summed E-state index contributed by atoms with van der Waals surface area (Å²) in [5.41, 5.74) is 3.62. The summed E-state index contributed by atoms with van der Waals surface area (Å²) >= 11 is 0. The summed E-state index contributed by atoms with van der Waals surface area (Å²) in [6.07, 6.45) is 1.05. The Morgan fingerprint density at radius 1 is 1.23 bits per heavy atom. The molecule has 1 nitrogen and oxygen atoms in total. The Morgan fingerprint density at radius 2 is 1.85 bits per heavy atom. The number of aromatic hydroxyl groups is 1. The zero-order chi connectivity index (χ0) is 10.0. The number of rotatable bonds is 2. The Morgan fingerprint density at radius 3 is 2.38 bits per heavy atom. The fourth-order valence-corrected chi connectivity index (χ4v) is 1.60. The highest BCUT2D eigenvalue weighted by molar-refractivity contribution is 5.43. The minimum atomic E-state index is 0.418. The second kappa shape index (κ2) is 3.82. The third-order valence-electron chi connectivity index (χ3n) is 2.42. The molecule has 1 rings (SSSR count). The molecule has 1 N–H and O–H groups in total. The van der Waals surface area contributed by atoms with E-state index in [0.717, 1.165) is 12.0 Å². The van der Waals surface area contributed by atoms with E-state index in [1.54, 1.807) is 6.07 Å². The molecule has 72 valence electrons. The average Bonchev–Trinajstić information content (AvgIpc) is 2.05. The van der Waals surface area contributed by atoms with E-state index in [0.29, 0.717) is 11.7 Å². The van der Waals surface area contributed by atoms with Crippen LogP contribution in [0.1, 0.15) is 30.5 Å². The van der Waals surface area contributed by atoms with Crippen LogP contribution >= 0.6 is 0 Å². The van der Waals surface area contributed by atoms with Gasteiger partial charge in [-0.1, -0.05) is 19.9 Å². The van der Waals surface area contributed by atoms with Gasteiger partial charge in [-0.15, -0.1) is 0 Å². The summed E-state index contributed by atoms with van der Waals surface area (Å²) in [5.74, 6) is 1.06. The first-order valence-corrected chi connectivity index (χ1v) is 4.80. The summed E-state index contributed by atoms with van der Waals surface area (Å²) in [6.45, 7) is 8.48. The van der Waals surface area contributed by atoms with Gasteiger partial charge in [0.2, 0.25) is 0 Å². The van der Waals surface area contributed by atoms with Crippen LogP contribution in [0.25, 0.3) is 0 Å². The van der Waals surface area contributed by atoms with E-state index in [1.165, 1.54) is 11.1 Å². The number of hydrogen-bond donors (Lipinski definition) is 1. The molecular weight excluding hydrogens is 160 g/mol. The minimum Gasteiger partial charge on any atom is -0.508 e. The monoisotopic (exact) mass is 178 g/mol. The number of aryl methyl sites for hydroxylation is 1. The second-order valence-electron chi connectivity index (χ2n) is 4.10. The zero-order valence-electron chi connectivity index (χ0n) is 8.89.